The Kier molecular flexibility index (Phi) is 7.14. The van der Waals surface area contributed by atoms with Gasteiger partial charge in [-0.15, -0.1) is 0 Å². The Bertz CT molecular complexity index is 824. The van der Waals surface area contributed by atoms with E-state index in [1.54, 1.807) is 14.0 Å². The van der Waals surface area contributed by atoms with Crippen molar-refractivity contribution in [2.75, 3.05) is 13.8 Å². The number of carbonyl (C=O) groups excluding carboxylic acids is 1. The van der Waals surface area contributed by atoms with E-state index in [0.29, 0.717) is 12.8 Å². The number of Topliss-reactive ketones (excluding diaryl/α,β-unsaturated/α-hetero) is 1. The van der Waals surface area contributed by atoms with Crippen molar-refractivity contribution in [1.82, 2.24) is 0 Å². The number of para-hydroxylation sites is 1. The monoisotopic (exact) mass is 384 g/mol. The van der Waals surface area contributed by atoms with Crippen LogP contribution in [0.1, 0.15) is 39.2 Å². The molecule has 2 aromatic rings. The van der Waals surface area contributed by atoms with Crippen LogP contribution >= 0.6 is 0 Å². The second-order valence-corrected chi connectivity index (χ2v) is 7.56. The van der Waals surface area contributed by atoms with E-state index in [-0.39, 0.29) is 5.78 Å². The van der Waals surface area contributed by atoms with E-state index in [2.05, 4.69) is 0 Å². The van der Waals surface area contributed by atoms with E-state index in [4.69, 9.17) is 4.74 Å². The van der Waals surface area contributed by atoms with Gasteiger partial charge in [0.15, 0.2) is 0 Å². The van der Waals surface area contributed by atoms with Crippen molar-refractivity contribution in [1.29, 1.82) is 0 Å². The average molecular weight is 384 g/mol. The normalized spacial score (nSPS) is 15.8. The van der Waals surface area contributed by atoms with Gasteiger partial charge in [-0.2, -0.15) is 0 Å². The van der Waals surface area contributed by atoms with Crippen LogP contribution < -0.4 is 4.74 Å². The zero-order valence-corrected chi connectivity index (χ0v) is 17.0. The van der Waals surface area contributed by atoms with Crippen LogP contribution in [0.4, 0.5) is 4.39 Å². The van der Waals surface area contributed by atoms with Gasteiger partial charge in [0.25, 0.3) is 0 Å². The molecule has 2 rings (SSSR count). The first-order chi connectivity index (χ1) is 13.2. The van der Waals surface area contributed by atoms with Crippen molar-refractivity contribution in [3.05, 3.63) is 60.2 Å². The molecule has 0 saturated heterocycles. The highest BCUT2D eigenvalue weighted by molar-refractivity contribution is 5.83. The molecule has 0 saturated carbocycles. The molecule has 4 heteroatoms. The van der Waals surface area contributed by atoms with Gasteiger partial charge in [-0.3, -0.25) is 4.79 Å². The molecule has 1 N–H and O–H groups in total. The number of halogens is 1. The zero-order chi connectivity index (χ0) is 20.8. The summed E-state index contributed by atoms with van der Waals surface area (Å²) in [5.41, 5.74) is 0.354. The second kappa shape index (κ2) is 9.16. The van der Waals surface area contributed by atoms with Crippen LogP contribution in [0.2, 0.25) is 0 Å². The quantitative estimate of drug-likeness (QED) is 0.623. The molecule has 0 amide bonds. The molecule has 0 heterocycles. The highest BCUT2D eigenvalue weighted by Gasteiger charge is 2.46. The summed E-state index contributed by atoms with van der Waals surface area (Å²) in [6.07, 6.45) is 4.87. The number of alkyl halides is 1. The van der Waals surface area contributed by atoms with Crippen LogP contribution in [-0.4, -0.2) is 30.3 Å². The predicted molar refractivity (Wildman–Crippen MR) is 112 cm³/mol. The minimum Gasteiger partial charge on any atom is -0.496 e. The number of aliphatic hydroxyl groups is 1. The number of hydrogen-bond donors (Lipinski definition) is 1. The summed E-state index contributed by atoms with van der Waals surface area (Å²) in [4.78, 5) is 12.0. The molecule has 0 radical (unpaired) electrons. The van der Waals surface area contributed by atoms with Crippen molar-refractivity contribution in [2.24, 2.45) is 5.41 Å². The summed E-state index contributed by atoms with van der Waals surface area (Å²) < 4.78 is 18.6. The van der Waals surface area contributed by atoms with Gasteiger partial charge in [0.1, 0.15) is 23.8 Å². The lowest BCUT2D eigenvalue weighted by Gasteiger charge is -2.39. The Balaban J connectivity index is 2.06. The largest absolute Gasteiger partial charge is 0.496 e. The molecule has 0 aliphatic rings. The molecule has 0 fully saturated rings. The Hall–Kier alpha value is -2.46. The third-order valence-electron chi connectivity index (χ3n) is 5.68. The summed E-state index contributed by atoms with van der Waals surface area (Å²) in [5.74, 6) is 0.624. The average Bonchev–Trinajstić information content (AvgIpc) is 2.71. The fourth-order valence-electron chi connectivity index (χ4n) is 3.22. The lowest BCUT2D eigenvalue weighted by atomic mass is 9.69. The van der Waals surface area contributed by atoms with E-state index in [0.717, 1.165) is 22.4 Å². The molecule has 0 aliphatic heterocycles. The highest BCUT2D eigenvalue weighted by atomic mass is 19.1. The first kappa shape index (κ1) is 21.8. The first-order valence-corrected chi connectivity index (χ1v) is 9.44. The molecule has 2 aromatic carbocycles. The molecular weight excluding hydrogens is 355 g/mol. The Morgan fingerprint density at radius 2 is 1.79 bits per heavy atom. The molecular formula is C24H29FO3. The van der Waals surface area contributed by atoms with Crippen molar-refractivity contribution in [3.63, 3.8) is 0 Å². The number of allylic oxidation sites excluding steroid dienone is 1. The fraction of sp³-hybridized carbons (Fsp3) is 0.375. The molecule has 0 bridgehead atoms. The fourth-order valence-corrected chi connectivity index (χ4v) is 3.22. The van der Waals surface area contributed by atoms with Gasteiger partial charge in [0, 0.05) is 5.56 Å². The van der Waals surface area contributed by atoms with Crippen LogP contribution in [0.5, 0.6) is 5.75 Å². The lowest BCUT2D eigenvalue weighted by molar-refractivity contribution is -0.145. The van der Waals surface area contributed by atoms with Gasteiger partial charge in [-0.25, -0.2) is 4.39 Å². The van der Waals surface area contributed by atoms with Gasteiger partial charge in [0.2, 0.25) is 0 Å². The number of ether oxygens (including phenoxy) is 1. The highest BCUT2D eigenvalue weighted by Crippen LogP contribution is 2.37. The molecule has 0 spiro atoms. The third-order valence-corrected chi connectivity index (χ3v) is 5.68. The van der Waals surface area contributed by atoms with Crippen molar-refractivity contribution in [3.8, 4) is 16.9 Å². The summed E-state index contributed by atoms with van der Waals surface area (Å²) in [7, 11) is 1.66. The SMILES string of the molecule is COc1ccccc1-c1ccc(/C=C/CC[C@](C)(C(C)=O)[C@](C)(O)CF)cc1. The van der Waals surface area contributed by atoms with Crippen molar-refractivity contribution >= 4 is 11.9 Å². The van der Waals surface area contributed by atoms with Crippen molar-refractivity contribution in [2.45, 2.75) is 39.2 Å². The molecule has 3 nitrogen and oxygen atoms in total. The Morgan fingerprint density at radius 3 is 2.36 bits per heavy atom. The Labute approximate surface area is 166 Å². The van der Waals surface area contributed by atoms with Crippen LogP contribution in [0.3, 0.4) is 0 Å². The maximum atomic E-state index is 13.2. The van der Waals surface area contributed by atoms with Crippen molar-refractivity contribution < 1.29 is 19.0 Å². The molecule has 0 aliphatic carbocycles. The van der Waals surface area contributed by atoms with Gasteiger partial charge in [0.05, 0.1) is 12.5 Å². The number of methoxy groups -OCH3 is 1. The second-order valence-electron chi connectivity index (χ2n) is 7.56. The van der Waals surface area contributed by atoms with Crippen LogP contribution in [0, 0.1) is 5.41 Å². The lowest BCUT2D eigenvalue weighted by Crippen LogP contribution is -2.50. The predicted octanol–water partition coefficient (Wildman–Crippen LogP) is 5.47. The molecule has 150 valence electrons. The Morgan fingerprint density at radius 1 is 1.14 bits per heavy atom. The van der Waals surface area contributed by atoms with Gasteiger partial charge < -0.3 is 9.84 Å². The summed E-state index contributed by atoms with van der Waals surface area (Å²) in [6.45, 7) is 3.47. The van der Waals surface area contributed by atoms with E-state index < -0.39 is 17.7 Å². The smallest absolute Gasteiger partial charge is 0.138 e. The number of rotatable bonds is 9. The first-order valence-electron chi connectivity index (χ1n) is 9.44. The topological polar surface area (TPSA) is 46.5 Å². The summed E-state index contributed by atoms with van der Waals surface area (Å²) in [6, 6.07) is 16.0. The third kappa shape index (κ3) is 4.68. The molecule has 2 atom stereocenters. The standard InChI is InChI=1S/C24H29FO3/c1-18(26)23(2,24(3,27)17-25)16-8-7-9-19-12-14-20(15-13-19)21-10-5-6-11-22(21)28-4/h5-7,9-15,27H,8,16-17H2,1-4H3/b9-7+/t23-,24-/m1/s1. The summed E-state index contributed by atoms with van der Waals surface area (Å²) >= 11 is 0. The molecule has 0 unspecified atom stereocenters. The van der Waals surface area contributed by atoms with E-state index in [1.165, 1.54) is 13.8 Å². The van der Waals surface area contributed by atoms with E-state index >= 15 is 0 Å². The van der Waals surface area contributed by atoms with Gasteiger partial charge >= 0.3 is 0 Å². The maximum Gasteiger partial charge on any atom is 0.138 e. The van der Waals surface area contributed by atoms with Crippen LogP contribution in [-0.2, 0) is 4.79 Å². The minimum absolute atomic E-state index is 0.204. The zero-order valence-electron chi connectivity index (χ0n) is 17.0. The van der Waals surface area contributed by atoms with E-state index in [9.17, 15) is 14.3 Å². The van der Waals surface area contributed by atoms with Crippen LogP contribution in [0.15, 0.2) is 54.6 Å². The number of ketones is 1. The number of benzene rings is 2. The summed E-state index contributed by atoms with van der Waals surface area (Å²) in [5, 5.41) is 10.3. The van der Waals surface area contributed by atoms with Crippen LogP contribution in [0.25, 0.3) is 17.2 Å². The van der Waals surface area contributed by atoms with Gasteiger partial charge in [-0.1, -0.05) is 54.6 Å². The minimum atomic E-state index is -1.66. The number of hydrogen-bond acceptors (Lipinski definition) is 3. The molecule has 28 heavy (non-hydrogen) atoms. The maximum absolute atomic E-state index is 13.2. The van der Waals surface area contributed by atoms with Gasteiger partial charge in [-0.05, 0) is 50.8 Å². The molecule has 0 aromatic heterocycles. The number of carbonyl (C=O) groups is 1. The van der Waals surface area contributed by atoms with E-state index in [1.807, 2.05) is 60.7 Å².